The molecule has 35 heavy (non-hydrogen) atoms. The Morgan fingerprint density at radius 1 is 1.06 bits per heavy atom. The molecule has 0 saturated carbocycles. The van der Waals surface area contributed by atoms with Crippen molar-refractivity contribution in [3.05, 3.63) is 58.8 Å². The number of nitrogens with one attached hydrogen (secondary N) is 1. The van der Waals surface area contributed by atoms with Gasteiger partial charge >= 0.3 is 0 Å². The lowest BCUT2D eigenvalue weighted by molar-refractivity contribution is 0.0980. The van der Waals surface area contributed by atoms with Gasteiger partial charge in [-0.1, -0.05) is 85.7 Å². The summed E-state index contributed by atoms with van der Waals surface area (Å²) in [7, 11) is 0. The van der Waals surface area contributed by atoms with Crippen LogP contribution in [0.15, 0.2) is 47.7 Å². The van der Waals surface area contributed by atoms with Crippen molar-refractivity contribution in [3.8, 4) is 0 Å². The Morgan fingerprint density at radius 3 is 2.20 bits per heavy atom. The molecule has 0 fully saturated rings. The highest BCUT2D eigenvalue weighted by molar-refractivity contribution is 6.12. The molecule has 1 heterocycles. The predicted octanol–water partition coefficient (Wildman–Crippen LogP) is 6.93. The molecule has 1 aliphatic heterocycles. The second-order valence-electron chi connectivity index (χ2n) is 12.2. The number of nitrogens with zero attached hydrogens (tertiary/aromatic N) is 1. The number of hydrogen-bond donors (Lipinski definition) is 1. The number of ketones is 2. The molecule has 0 aliphatic carbocycles. The topological polar surface area (TPSA) is 49.4 Å². The zero-order valence-electron chi connectivity index (χ0n) is 23.6. The third-order valence-electron chi connectivity index (χ3n) is 7.06. The van der Waals surface area contributed by atoms with Crippen LogP contribution in [0.4, 0.5) is 0 Å². The molecule has 0 unspecified atom stereocenters. The summed E-state index contributed by atoms with van der Waals surface area (Å²) in [5, 5.41) is 3.48. The van der Waals surface area contributed by atoms with E-state index in [0.717, 1.165) is 50.2 Å². The highest BCUT2D eigenvalue weighted by Gasteiger charge is 2.34. The van der Waals surface area contributed by atoms with E-state index in [1.54, 1.807) is 0 Å². The number of carbonyl (C=O) groups excluding carboxylic acids is 2. The first-order valence-electron chi connectivity index (χ1n) is 13.3. The van der Waals surface area contributed by atoms with Gasteiger partial charge in [0.15, 0.2) is 11.6 Å². The maximum absolute atomic E-state index is 13.5. The van der Waals surface area contributed by atoms with Gasteiger partial charge < -0.3 is 10.2 Å². The molecule has 194 valence electrons. The fourth-order valence-corrected chi connectivity index (χ4v) is 4.80. The average Bonchev–Trinajstić information content (AvgIpc) is 2.77. The van der Waals surface area contributed by atoms with Crippen molar-refractivity contribution in [3.63, 3.8) is 0 Å². The van der Waals surface area contributed by atoms with Crippen LogP contribution in [-0.4, -0.2) is 42.6 Å². The van der Waals surface area contributed by atoms with E-state index in [2.05, 4.69) is 71.8 Å². The van der Waals surface area contributed by atoms with Crippen LogP contribution in [0.3, 0.4) is 0 Å². The van der Waals surface area contributed by atoms with Crippen LogP contribution in [0.1, 0.15) is 95.9 Å². The molecule has 0 radical (unpaired) electrons. The molecule has 4 heteroatoms. The summed E-state index contributed by atoms with van der Waals surface area (Å²) in [6, 6.07) is 7.26. The number of allylic oxidation sites excluding steroid dienone is 3. The Balaban J connectivity index is 2.18. The van der Waals surface area contributed by atoms with Crippen LogP contribution >= 0.6 is 0 Å². The lowest BCUT2D eigenvalue weighted by Gasteiger charge is -2.37. The lowest BCUT2D eigenvalue weighted by atomic mass is 9.75. The predicted molar refractivity (Wildman–Crippen MR) is 148 cm³/mol. The minimum Gasteiger partial charge on any atom is -0.377 e. The summed E-state index contributed by atoms with van der Waals surface area (Å²) < 4.78 is 0. The fraction of sp³-hybridized carbons (Fsp3) is 0.613. The second kappa shape index (κ2) is 12.2. The van der Waals surface area contributed by atoms with E-state index in [4.69, 9.17) is 0 Å². The number of Topliss-reactive ketones (excluding diaryl/α,β-unsaturated/α-hetero) is 2. The monoisotopic (exact) mass is 480 g/mol. The summed E-state index contributed by atoms with van der Waals surface area (Å²) in [4.78, 5) is 29.2. The molecule has 1 aromatic carbocycles. The molecule has 4 nitrogen and oxygen atoms in total. The highest BCUT2D eigenvalue weighted by atomic mass is 16.1. The molecule has 1 aliphatic rings. The molecule has 0 spiro atoms. The van der Waals surface area contributed by atoms with Gasteiger partial charge in [-0.05, 0) is 55.5 Å². The minimum atomic E-state index is -0.235. The van der Waals surface area contributed by atoms with Gasteiger partial charge in [-0.25, -0.2) is 0 Å². The van der Waals surface area contributed by atoms with E-state index >= 15 is 0 Å². The maximum Gasteiger partial charge on any atom is 0.191 e. The van der Waals surface area contributed by atoms with Crippen molar-refractivity contribution in [2.24, 2.45) is 22.7 Å². The van der Waals surface area contributed by atoms with Gasteiger partial charge in [0, 0.05) is 41.6 Å². The first-order valence-corrected chi connectivity index (χ1v) is 13.3. The Bertz CT molecular complexity index is 933. The highest BCUT2D eigenvalue weighted by Crippen LogP contribution is 2.37. The van der Waals surface area contributed by atoms with Crippen LogP contribution < -0.4 is 5.32 Å². The van der Waals surface area contributed by atoms with Crippen molar-refractivity contribution in [2.45, 2.75) is 75.2 Å². The third kappa shape index (κ3) is 7.90. The first-order chi connectivity index (χ1) is 16.3. The molecule has 2 rings (SSSR count). The lowest BCUT2D eigenvalue weighted by Crippen LogP contribution is -2.36. The van der Waals surface area contributed by atoms with Gasteiger partial charge in [-0.15, -0.1) is 0 Å². The zero-order valence-corrected chi connectivity index (χ0v) is 23.6. The second-order valence-corrected chi connectivity index (χ2v) is 12.2. The zero-order chi connectivity index (χ0) is 26.4. The van der Waals surface area contributed by atoms with Gasteiger partial charge in [0.2, 0.25) is 0 Å². The molecule has 0 bridgehead atoms. The van der Waals surface area contributed by atoms with Crippen molar-refractivity contribution in [1.82, 2.24) is 10.2 Å². The summed E-state index contributed by atoms with van der Waals surface area (Å²) in [5.74, 6) is 1.26. The Labute approximate surface area is 214 Å². The van der Waals surface area contributed by atoms with E-state index in [9.17, 15) is 9.59 Å². The van der Waals surface area contributed by atoms with Crippen LogP contribution in [0.5, 0.6) is 0 Å². The number of hydrogen-bond acceptors (Lipinski definition) is 4. The number of carbonyl (C=O) groups is 2. The van der Waals surface area contributed by atoms with Crippen LogP contribution in [0, 0.1) is 22.7 Å². The number of benzene rings is 1. The molecule has 1 N–H and O–H groups in total. The van der Waals surface area contributed by atoms with Crippen LogP contribution in [0.25, 0.3) is 0 Å². The van der Waals surface area contributed by atoms with Gasteiger partial charge in [-0.3, -0.25) is 9.59 Å². The maximum atomic E-state index is 13.5. The SMILES string of the molecule is CC=C(C(=O)c1ccc(C(=O)C2=CN(CC(C)C)CCC2(C)C)cc1)C(C)(C)CCNCC(C)C. The quantitative estimate of drug-likeness (QED) is 0.200. The fourth-order valence-electron chi connectivity index (χ4n) is 4.80. The van der Waals surface area contributed by atoms with Gasteiger partial charge in [0.1, 0.15) is 0 Å². The van der Waals surface area contributed by atoms with Crippen molar-refractivity contribution >= 4 is 11.6 Å². The minimum absolute atomic E-state index is 0.0423. The summed E-state index contributed by atoms with van der Waals surface area (Å²) in [6.45, 7) is 23.1. The van der Waals surface area contributed by atoms with E-state index in [1.807, 2.05) is 37.3 Å². The van der Waals surface area contributed by atoms with E-state index in [-0.39, 0.29) is 22.4 Å². The van der Waals surface area contributed by atoms with Crippen molar-refractivity contribution in [1.29, 1.82) is 0 Å². The Morgan fingerprint density at radius 2 is 1.66 bits per heavy atom. The average molecular weight is 481 g/mol. The van der Waals surface area contributed by atoms with Gasteiger partial charge in [-0.2, -0.15) is 0 Å². The summed E-state index contributed by atoms with van der Waals surface area (Å²) >= 11 is 0. The molecule has 1 aromatic rings. The first kappa shape index (κ1) is 29.0. The largest absolute Gasteiger partial charge is 0.377 e. The molecule has 0 saturated heterocycles. The van der Waals surface area contributed by atoms with Crippen LogP contribution in [0.2, 0.25) is 0 Å². The summed E-state index contributed by atoms with van der Waals surface area (Å²) in [6.07, 6.45) is 5.86. The van der Waals surface area contributed by atoms with Gasteiger partial charge in [0.05, 0.1) is 0 Å². The van der Waals surface area contributed by atoms with Crippen molar-refractivity contribution in [2.75, 3.05) is 26.2 Å². The normalized spacial score (nSPS) is 16.6. The summed E-state index contributed by atoms with van der Waals surface area (Å²) in [5.41, 5.74) is 2.56. The van der Waals surface area contributed by atoms with E-state index in [1.165, 1.54) is 0 Å². The smallest absolute Gasteiger partial charge is 0.191 e. The van der Waals surface area contributed by atoms with E-state index < -0.39 is 0 Å². The molecular weight excluding hydrogens is 432 g/mol. The number of rotatable bonds is 12. The molecule has 0 atom stereocenters. The Kier molecular flexibility index (Phi) is 10.1. The standard InChI is InChI=1S/C31H48N2O2/c1-10-26(30(6,7)15-17-32-19-22(2)3)28(34)24-11-13-25(14-12-24)29(35)27-21-33(20-23(4)5)18-16-31(27,8)9/h10-14,21-23,32H,15-20H2,1-9H3. The van der Waals surface area contributed by atoms with E-state index in [0.29, 0.717) is 23.0 Å². The molecule has 0 amide bonds. The molecular formula is C31H48N2O2. The third-order valence-corrected chi connectivity index (χ3v) is 7.06. The molecule has 0 aromatic heterocycles. The Hall–Kier alpha value is -2.20. The van der Waals surface area contributed by atoms with Gasteiger partial charge in [0.25, 0.3) is 0 Å². The van der Waals surface area contributed by atoms with Crippen LogP contribution in [-0.2, 0) is 0 Å². The van der Waals surface area contributed by atoms with Crippen molar-refractivity contribution < 1.29 is 9.59 Å².